The van der Waals surface area contributed by atoms with Crippen molar-refractivity contribution in [2.24, 2.45) is 0 Å². The Hall–Kier alpha value is -2.45. The summed E-state index contributed by atoms with van der Waals surface area (Å²) < 4.78 is 38.0. The van der Waals surface area contributed by atoms with Gasteiger partial charge in [-0.25, -0.2) is 13.2 Å². The third kappa shape index (κ3) is 3.24. The number of rotatable bonds is 4. The summed E-state index contributed by atoms with van der Waals surface area (Å²) in [4.78, 5) is 11.1. The third-order valence-electron chi connectivity index (χ3n) is 3.23. The van der Waals surface area contributed by atoms with E-state index in [-0.39, 0.29) is 40.9 Å². The van der Waals surface area contributed by atoms with Crippen molar-refractivity contribution in [3.8, 4) is 11.5 Å². The quantitative estimate of drug-likeness (QED) is 0.858. The lowest BCUT2D eigenvalue weighted by atomic mass is 10.2. The zero-order chi connectivity index (χ0) is 17.3. The van der Waals surface area contributed by atoms with Gasteiger partial charge in [0.2, 0.25) is 0 Å². The smallest absolute Gasteiger partial charge is 0.339 e. The van der Waals surface area contributed by atoms with E-state index in [2.05, 4.69) is 4.72 Å². The van der Waals surface area contributed by atoms with Gasteiger partial charge in [-0.1, -0.05) is 17.7 Å². The number of anilines is 1. The average molecular weight is 370 g/mol. The average Bonchev–Trinajstić information content (AvgIpc) is 2.53. The number of fused-ring (bicyclic) bond motifs is 1. The molecule has 0 fully saturated rings. The van der Waals surface area contributed by atoms with Crippen LogP contribution in [0.4, 0.5) is 5.69 Å². The van der Waals surface area contributed by atoms with Crippen molar-refractivity contribution in [1.82, 2.24) is 0 Å². The van der Waals surface area contributed by atoms with Crippen LogP contribution in [0.25, 0.3) is 0 Å². The molecule has 9 heteroatoms. The second kappa shape index (κ2) is 6.21. The summed E-state index contributed by atoms with van der Waals surface area (Å²) in [5, 5.41) is 9.65. The summed E-state index contributed by atoms with van der Waals surface area (Å²) in [5.41, 5.74) is -0.0204. The number of ether oxygens (including phenoxy) is 2. The van der Waals surface area contributed by atoms with E-state index in [0.717, 1.165) is 6.07 Å². The van der Waals surface area contributed by atoms with Crippen molar-refractivity contribution in [2.75, 3.05) is 17.9 Å². The molecule has 0 aliphatic carbocycles. The molecular formula is C15H12ClNO6S. The van der Waals surface area contributed by atoms with Gasteiger partial charge in [-0.15, -0.1) is 0 Å². The number of carboxylic acids is 1. The molecule has 2 aromatic rings. The summed E-state index contributed by atoms with van der Waals surface area (Å²) >= 11 is 5.83. The predicted octanol–water partition coefficient (Wildman–Crippen LogP) is 2.61. The van der Waals surface area contributed by atoms with Crippen LogP contribution < -0.4 is 14.2 Å². The molecule has 0 aromatic heterocycles. The van der Waals surface area contributed by atoms with E-state index in [1.807, 2.05) is 0 Å². The molecule has 0 radical (unpaired) electrons. The molecule has 0 bridgehead atoms. The lowest BCUT2D eigenvalue weighted by Crippen LogP contribution is -2.20. The number of hydrogen-bond donors (Lipinski definition) is 2. The SMILES string of the molecule is O=C(O)c1cc(S(=O)(=O)Nc2cccc(Cl)c2)cc2c1OCCO2. The molecule has 2 aromatic carbocycles. The predicted molar refractivity (Wildman–Crippen MR) is 86.7 cm³/mol. The van der Waals surface area contributed by atoms with Gasteiger partial charge in [0.25, 0.3) is 10.0 Å². The van der Waals surface area contributed by atoms with Crippen molar-refractivity contribution in [1.29, 1.82) is 0 Å². The first-order valence-corrected chi connectivity index (χ1v) is 8.68. The van der Waals surface area contributed by atoms with Crippen LogP contribution in [0.5, 0.6) is 11.5 Å². The van der Waals surface area contributed by atoms with Crippen molar-refractivity contribution in [3.05, 3.63) is 47.0 Å². The first kappa shape index (κ1) is 16.4. The van der Waals surface area contributed by atoms with Crippen molar-refractivity contribution >= 4 is 33.3 Å². The largest absolute Gasteiger partial charge is 0.486 e. The molecule has 0 spiro atoms. The van der Waals surface area contributed by atoms with Crippen molar-refractivity contribution < 1.29 is 27.8 Å². The fraction of sp³-hybridized carbons (Fsp3) is 0.133. The number of benzene rings is 2. The molecule has 0 unspecified atom stereocenters. The standard InChI is InChI=1S/C15H12ClNO6S/c16-9-2-1-3-10(6-9)17-24(20,21)11-7-12(15(18)19)14-13(8-11)22-4-5-23-14/h1-3,6-8,17H,4-5H2,(H,18,19). The molecule has 2 N–H and O–H groups in total. The monoisotopic (exact) mass is 369 g/mol. The Morgan fingerprint density at radius 2 is 1.92 bits per heavy atom. The zero-order valence-electron chi connectivity index (χ0n) is 12.2. The molecule has 1 aliphatic rings. The molecule has 0 saturated heterocycles. The second-order valence-corrected chi connectivity index (χ2v) is 7.03. The van der Waals surface area contributed by atoms with E-state index in [1.165, 1.54) is 18.2 Å². The molecule has 24 heavy (non-hydrogen) atoms. The molecule has 0 amide bonds. The molecule has 0 atom stereocenters. The van der Waals surface area contributed by atoms with Gasteiger partial charge in [0.05, 0.1) is 10.6 Å². The fourth-order valence-electron chi connectivity index (χ4n) is 2.21. The van der Waals surface area contributed by atoms with Crippen LogP contribution >= 0.6 is 11.6 Å². The normalized spacial score (nSPS) is 13.4. The van der Waals surface area contributed by atoms with E-state index < -0.39 is 16.0 Å². The summed E-state index contributed by atoms with van der Waals surface area (Å²) in [6.45, 7) is 0.400. The van der Waals surface area contributed by atoms with E-state index >= 15 is 0 Å². The molecular weight excluding hydrogens is 358 g/mol. The third-order valence-corrected chi connectivity index (χ3v) is 4.83. The summed E-state index contributed by atoms with van der Waals surface area (Å²) in [6, 6.07) is 8.42. The highest BCUT2D eigenvalue weighted by Gasteiger charge is 2.26. The maximum absolute atomic E-state index is 12.5. The van der Waals surface area contributed by atoms with E-state index in [4.69, 9.17) is 21.1 Å². The summed E-state index contributed by atoms with van der Waals surface area (Å²) in [6.07, 6.45) is 0. The summed E-state index contributed by atoms with van der Waals surface area (Å²) in [5.74, 6) is -1.21. The van der Waals surface area contributed by atoms with Crippen LogP contribution in [-0.2, 0) is 10.0 Å². The van der Waals surface area contributed by atoms with Gasteiger partial charge in [-0.05, 0) is 24.3 Å². The van der Waals surface area contributed by atoms with Crippen LogP contribution in [0.2, 0.25) is 5.02 Å². The van der Waals surface area contributed by atoms with E-state index in [1.54, 1.807) is 12.1 Å². The van der Waals surface area contributed by atoms with Crippen LogP contribution in [-0.4, -0.2) is 32.7 Å². The summed E-state index contributed by atoms with van der Waals surface area (Å²) in [7, 11) is -4.03. The Morgan fingerprint density at radius 1 is 1.17 bits per heavy atom. The molecule has 126 valence electrons. The first-order chi connectivity index (χ1) is 11.4. The second-order valence-electron chi connectivity index (χ2n) is 4.92. The lowest BCUT2D eigenvalue weighted by molar-refractivity contribution is 0.0685. The number of sulfonamides is 1. The Labute approximate surface area is 142 Å². The topological polar surface area (TPSA) is 102 Å². The Balaban J connectivity index is 2.04. The fourth-order valence-corrected chi connectivity index (χ4v) is 3.49. The number of carboxylic acid groups (broad SMARTS) is 1. The molecule has 1 aliphatic heterocycles. The highest BCUT2D eigenvalue weighted by Crippen LogP contribution is 2.37. The minimum atomic E-state index is -4.03. The van der Waals surface area contributed by atoms with Crippen molar-refractivity contribution in [2.45, 2.75) is 4.90 Å². The van der Waals surface area contributed by atoms with Gasteiger partial charge in [-0.3, -0.25) is 4.72 Å². The van der Waals surface area contributed by atoms with Crippen LogP contribution in [0.15, 0.2) is 41.3 Å². The zero-order valence-corrected chi connectivity index (χ0v) is 13.7. The molecule has 3 rings (SSSR count). The van der Waals surface area contributed by atoms with Gasteiger partial charge in [0.15, 0.2) is 11.5 Å². The van der Waals surface area contributed by atoms with E-state index in [0.29, 0.717) is 5.02 Å². The highest BCUT2D eigenvalue weighted by atomic mass is 35.5. The Morgan fingerprint density at radius 3 is 2.62 bits per heavy atom. The first-order valence-electron chi connectivity index (χ1n) is 6.82. The van der Waals surface area contributed by atoms with Crippen LogP contribution in [0.1, 0.15) is 10.4 Å². The van der Waals surface area contributed by atoms with Crippen molar-refractivity contribution in [3.63, 3.8) is 0 Å². The van der Waals surface area contributed by atoms with Crippen LogP contribution in [0.3, 0.4) is 0 Å². The van der Waals surface area contributed by atoms with Gasteiger partial charge in [0, 0.05) is 11.1 Å². The molecule has 1 heterocycles. The maximum atomic E-state index is 12.5. The Kier molecular flexibility index (Phi) is 4.25. The molecule has 0 saturated carbocycles. The van der Waals surface area contributed by atoms with Gasteiger partial charge >= 0.3 is 5.97 Å². The Bertz CT molecular complexity index is 912. The van der Waals surface area contributed by atoms with Gasteiger partial charge in [-0.2, -0.15) is 0 Å². The number of aromatic carboxylic acids is 1. The highest BCUT2D eigenvalue weighted by molar-refractivity contribution is 7.92. The number of halogens is 1. The van der Waals surface area contributed by atoms with Gasteiger partial charge in [0.1, 0.15) is 18.8 Å². The van der Waals surface area contributed by atoms with Gasteiger partial charge < -0.3 is 14.6 Å². The minimum absolute atomic E-state index is 0.0236. The lowest BCUT2D eigenvalue weighted by Gasteiger charge is -2.21. The van der Waals surface area contributed by atoms with Crippen LogP contribution in [0, 0.1) is 0 Å². The maximum Gasteiger partial charge on any atom is 0.339 e. The number of carbonyl (C=O) groups is 1. The molecule has 7 nitrogen and oxygen atoms in total. The van der Waals surface area contributed by atoms with E-state index in [9.17, 15) is 18.3 Å². The number of nitrogens with one attached hydrogen (secondary N) is 1. The minimum Gasteiger partial charge on any atom is -0.486 e. The number of hydrogen-bond acceptors (Lipinski definition) is 5.